The minimum absolute atomic E-state index is 0.951. The smallest absolute Gasteiger partial charge is 0.0124 e. The lowest BCUT2D eigenvalue weighted by atomic mass is 9.92. The Morgan fingerprint density at radius 2 is 1.71 bits per heavy atom. The zero-order valence-electron chi connectivity index (χ0n) is 11.0. The van der Waals surface area contributed by atoms with Crippen molar-refractivity contribution >= 4 is 0 Å². The van der Waals surface area contributed by atoms with Crippen molar-refractivity contribution in [3.8, 4) is 0 Å². The van der Waals surface area contributed by atoms with E-state index in [4.69, 9.17) is 0 Å². The van der Waals surface area contributed by atoms with Crippen LogP contribution < -0.4 is 5.32 Å². The molecule has 3 heteroatoms. The van der Waals surface area contributed by atoms with Gasteiger partial charge >= 0.3 is 0 Å². The van der Waals surface area contributed by atoms with E-state index in [1.807, 2.05) is 0 Å². The van der Waals surface area contributed by atoms with Crippen LogP contribution in [0.1, 0.15) is 32.1 Å². The number of nitrogens with zero attached hydrogens (tertiary/aromatic N) is 2. The van der Waals surface area contributed by atoms with Crippen LogP contribution in [0, 0.1) is 5.92 Å². The molecule has 2 saturated heterocycles. The van der Waals surface area contributed by atoms with Crippen LogP contribution in [-0.4, -0.2) is 61.7 Å². The summed E-state index contributed by atoms with van der Waals surface area (Å²) in [4.78, 5) is 5.44. The molecule has 1 N–H and O–H groups in total. The quantitative estimate of drug-likeness (QED) is 0.794. The number of nitrogens with one attached hydrogen (secondary N) is 1. The minimum atomic E-state index is 0.951. The summed E-state index contributed by atoms with van der Waals surface area (Å²) in [5.41, 5.74) is 0. The van der Waals surface area contributed by atoms with E-state index >= 15 is 0 Å². The van der Waals surface area contributed by atoms with Crippen LogP contribution in [0.25, 0.3) is 0 Å². The molecule has 0 bridgehead atoms. The van der Waals surface area contributed by atoms with Crippen molar-refractivity contribution in [3.63, 3.8) is 0 Å². The van der Waals surface area contributed by atoms with Gasteiger partial charge in [-0.3, -0.25) is 9.80 Å². The van der Waals surface area contributed by atoms with Crippen LogP contribution >= 0.6 is 0 Å². The van der Waals surface area contributed by atoms with Gasteiger partial charge in [0.05, 0.1) is 0 Å². The normalized spacial score (nSPS) is 36.0. The molecule has 3 rings (SSSR count). The second kappa shape index (κ2) is 5.68. The lowest BCUT2D eigenvalue weighted by molar-refractivity contribution is 0.0946. The summed E-state index contributed by atoms with van der Waals surface area (Å²) in [7, 11) is 0. The van der Waals surface area contributed by atoms with Crippen LogP contribution in [0.3, 0.4) is 0 Å². The van der Waals surface area contributed by atoms with Gasteiger partial charge in [0.1, 0.15) is 0 Å². The molecule has 2 heterocycles. The molecule has 2 atom stereocenters. The van der Waals surface area contributed by atoms with Crippen molar-refractivity contribution in [2.45, 2.75) is 38.1 Å². The fourth-order valence-corrected chi connectivity index (χ4v) is 4.04. The molecule has 2 unspecified atom stereocenters. The minimum Gasteiger partial charge on any atom is -0.314 e. The number of piperidine rings is 1. The second-order valence-electron chi connectivity index (χ2n) is 6.03. The zero-order chi connectivity index (χ0) is 11.5. The number of likely N-dealkylation sites (tertiary alicyclic amines) is 1. The van der Waals surface area contributed by atoms with Gasteiger partial charge in [-0.1, -0.05) is 6.42 Å². The van der Waals surface area contributed by atoms with E-state index in [2.05, 4.69) is 15.1 Å². The van der Waals surface area contributed by atoms with E-state index in [1.165, 1.54) is 77.9 Å². The van der Waals surface area contributed by atoms with Gasteiger partial charge in [-0.25, -0.2) is 0 Å². The van der Waals surface area contributed by atoms with Crippen LogP contribution in [0.15, 0.2) is 0 Å². The topological polar surface area (TPSA) is 18.5 Å². The predicted octanol–water partition coefficient (Wildman–Crippen LogP) is 1.16. The van der Waals surface area contributed by atoms with Crippen molar-refractivity contribution in [3.05, 3.63) is 0 Å². The molecule has 0 aromatic heterocycles. The van der Waals surface area contributed by atoms with Crippen molar-refractivity contribution in [1.29, 1.82) is 0 Å². The summed E-state index contributed by atoms with van der Waals surface area (Å²) in [5.74, 6) is 1.05. The summed E-state index contributed by atoms with van der Waals surface area (Å²) in [5, 5.41) is 3.43. The largest absolute Gasteiger partial charge is 0.314 e. The van der Waals surface area contributed by atoms with Crippen LogP contribution in [0.5, 0.6) is 0 Å². The van der Waals surface area contributed by atoms with Crippen molar-refractivity contribution in [2.24, 2.45) is 5.92 Å². The average molecular weight is 237 g/mol. The van der Waals surface area contributed by atoms with E-state index in [1.54, 1.807) is 0 Å². The van der Waals surface area contributed by atoms with Crippen molar-refractivity contribution in [2.75, 3.05) is 45.8 Å². The first-order valence-corrected chi connectivity index (χ1v) is 7.60. The molecule has 0 aromatic rings. The fraction of sp³-hybridized carbons (Fsp3) is 1.00. The predicted molar refractivity (Wildman–Crippen MR) is 71.2 cm³/mol. The molecule has 3 aliphatic rings. The maximum Gasteiger partial charge on any atom is 0.0124 e. The first kappa shape index (κ1) is 11.9. The summed E-state index contributed by atoms with van der Waals surface area (Å²) in [6.45, 7) is 8.86. The van der Waals surface area contributed by atoms with Gasteiger partial charge in [-0.05, 0) is 38.1 Å². The Hall–Kier alpha value is -0.120. The standard InChI is InChI=1S/C14H27N3/c1-3-13-4-2-8-17(14(13)5-1)12-11-16-9-6-15-7-10-16/h13-15H,1-12H2. The second-order valence-corrected chi connectivity index (χ2v) is 6.03. The van der Waals surface area contributed by atoms with Gasteiger partial charge in [0.2, 0.25) is 0 Å². The van der Waals surface area contributed by atoms with Gasteiger partial charge in [-0.2, -0.15) is 0 Å². The van der Waals surface area contributed by atoms with E-state index in [0.717, 1.165) is 12.0 Å². The molecule has 0 radical (unpaired) electrons. The Labute approximate surface area is 106 Å². The van der Waals surface area contributed by atoms with E-state index in [0.29, 0.717) is 0 Å². The third-order valence-corrected chi connectivity index (χ3v) is 5.02. The monoisotopic (exact) mass is 237 g/mol. The molecular weight excluding hydrogens is 210 g/mol. The number of fused-ring (bicyclic) bond motifs is 1. The third kappa shape index (κ3) is 2.83. The highest BCUT2D eigenvalue weighted by Crippen LogP contribution is 2.36. The lowest BCUT2D eigenvalue weighted by Crippen LogP contribution is -2.49. The molecule has 3 nitrogen and oxygen atoms in total. The number of rotatable bonds is 3. The fourth-order valence-electron chi connectivity index (χ4n) is 4.04. The summed E-state index contributed by atoms with van der Waals surface area (Å²) in [6.07, 6.45) is 7.43. The third-order valence-electron chi connectivity index (χ3n) is 5.02. The van der Waals surface area contributed by atoms with E-state index in [9.17, 15) is 0 Å². The molecule has 0 amide bonds. The number of piperazine rings is 1. The Bertz CT molecular complexity index is 238. The zero-order valence-corrected chi connectivity index (χ0v) is 11.0. The van der Waals surface area contributed by atoms with Gasteiger partial charge in [0.25, 0.3) is 0 Å². The maximum atomic E-state index is 3.43. The SMILES string of the molecule is C1CC2CCCN(CCN3CCNCC3)C2C1. The molecule has 1 aliphatic carbocycles. The summed E-state index contributed by atoms with van der Waals surface area (Å²) in [6, 6.07) is 0.951. The first-order chi connectivity index (χ1) is 8.43. The van der Waals surface area contributed by atoms with Crippen LogP contribution in [-0.2, 0) is 0 Å². The molecule has 3 fully saturated rings. The van der Waals surface area contributed by atoms with Crippen molar-refractivity contribution in [1.82, 2.24) is 15.1 Å². The molecule has 0 aromatic carbocycles. The average Bonchev–Trinajstić information content (AvgIpc) is 2.86. The van der Waals surface area contributed by atoms with E-state index in [-0.39, 0.29) is 0 Å². The molecule has 17 heavy (non-hydrogen) atoms. The molecule has 2 aliphatic heterocycles. The molecular formula is C14H27N3. The first-order valence-electron chi connectivity index (χ1n) is 7.60. The molecule has 1 saturated carbocycles. The number of hydrogen-bond acceptors (Lipinski definition) is 3. The Morgan fingerprint density at radius 3 is 2.59 bits per heavy atom. The van der Waals surface area contributed by atoms with Gasteiger partial charge in [0, 0.05) is 45.3 Å². The highest BCUT2D eigenvalue weighted by atomic mass is 15.2. The molecule has 0 spiro atoms. The Balaban J connectivity index is 1.47. The van der Waals surface area contributed by atoms with Gasteiger partial charge in [-0.15, -0.1) is 0 Å². The Morgan fingerprint density at radius 1 is 0.882 bits per heavy atom. The highest BCUT2D eigenvalue weighted by molar-refractivity contribution is 4.89. The number of hydrogen-bond donors (Lipinski definition) is 1. The maximum absolute atomic E-state index is 3.43. The summed E-state index contributed by atoms with van der Waals surface area (Å²) < 4.78 is 0. The Kier molecular flexibility index (Phi) is 3.99. The summed E-state index contributed by atoms with van der Waals surface area (Å²) >= 11 is 0. The van der Waals surface area contributed by atoms with Crippen LogP contribution in [0.4, 0.5) is 0 Å². The molecule has 98 valence electrons. The van der Waals surface area contributed by atoms with Gasteiger partial charge in [0.15, 0.2) is 0 Å². The highest BCUT2D eigenvalue weighted by Gasteiger charge is 2.34. The van der Waals surface area contributed by atoms with Crippen LogP contribution in [0.2, 0.25) is 0 Å². The van der Waals surface area contributed by atoms with Gasteiger partial charge < -0.3 is 5.32 Å². The lowest BCUT2D eigenvalue weighted by Gasteiger charge is -2.39. The van der Waals surface area contributed by atoms with Crippen molar-refractivity contribution < 1.29 is 0 Å². The van der Waals surface area contributed by atoms with E-state index < -0.39 is 0 Å².